The van der Waals surface area contributed by atoms with Gasteiger partial charge in [0.1, 0.15) is 0 Å². The van der Waals surface area contributed by atoms with Crippen molar-refractivity contribution in [3.05, 3.63) is 12.2 Å². The molecule has 0 rings (SSSR count). The first kappa shape index (κ1) is 51.1. The van der Waals surface area contributed by atoms with Gasteiger partial charge in [-0.05, 0) is 38.5 Å². The predicted octanol–water partition coefficient (Wildman–Crippen LogP) is 15.0. The van der Waals surface area contributed by atoms with E-state index in [0.717, 1.165) is 25.7 Å². The van der Waals surface area contributed by atoms with Gasteiger partial charge in [0.05, 0.1) is 18.8 Å². The first-order chi connectivity index (χ1) is 25.7. The van der Waals surface area contributed by atoms with Crippen LogP contribution in [0.5, 0.6) is 0 Å². The molecule has 0 saturated carbocycles. The Morgan fingerprint density at radius 3 is 1.06 bits per heavy atom. The van der Waals surface area contributed by atoms with Crippen LogP contribution in [0.2, 0.25) is 0 Å². The van der Waals surface area contributed by atoms with E-state index in [-0.39, 0.29) is 12.5 Å². The number of unbranched alkanes of at least 4 members (excludes halogenated alkanes) is 35. The highest BCUT2D eigenvalue weighted by molar-refractivity contribution is 5.76. The van der Waals surface area contributed by atoms with Crippen molar-refractivity contribution in [2.75, 3.05) is 6.61 Å². The largest absolute Gasteiger partial charge is 0.394 e. The summed E-state index contributed by atoms with van der Waals surface area (Å²) >= 11 is 0. The Bertz CT molecular complexity index is 710. The Balaban J connectivity index is 3.48. The fourth-order valence-corrected chi connectivity index (χ4v) is 7.59. The molecule has 0 aromatic carbocycles. The summed E-state index contributed by atoms with van der Waals surface area (Å²) in [6.07, 6.45) is 55.9. The van der Waals surface area contributed by atoms with Crippen LogP contribution in [0, 0.1) is 0 Å². The van der Waals surface area contributed by atoms with Crippen molar-refractivity contribution < 1.29 is 15.0 Å². The monoisotopic (exact) mass is 734 g/mol. The number of allylic oxidation sites excluding steroid dienone is 2. The summed E-state index contributed by atoms with van der Waals surface area (Å²) in [6.45, 7) is 4.38. The fraction of sp³-hybridized carbons (Fsp3) is 0.938. The second-order valence-electron chi connectivity index (χ2n) is 16.5. The van der Waals surface area contributed by atoms with Crippen LogP contribution < -0.4 is 5.32 Å². The smallest absolute Gasteiger partial charge is 0.220 e. The number of hydrogen-bond acceptors (Lipinski definition) is 3. The van der Waals surface area contributed by atoms with Crippen LogP contribution >= 0.6 is 0 Å². The Kier molecular flexibility index (Phi) is 43.8. The number of rotatable bonds is 44. The minimum absolute atomic E-state index is 0.0317. The summed E-state index contributed by atoms with van der Waals surface area (Å²) in [5.74, 6) is -0.0317. The highest BCUT2D eigenvalue weighted by Gasteiger charge is 2.20. The lowest BCUT2D eigenvalue weighted by Crippen LogP contribution is -2.45. The van der Waals surface area contributed by atoms with E-state index < -0.39 is 12.1 Å². The zero-order chi connectivity index (χ0) is 37.8. The van der Waals surface area contributed by atoms with Gasteiger partial charge in [0.25, 0.3) is 0 Å². The van der Waals surface area contributed by atoms with Gasteiger partial charge in [-0.1, -0.05) is 238 Å². The Hall–Kier alpha value is -0.870. The summed E-state index contributed by atoms with van der Waals surface area (Å²) in [7, 11) is 0. The summed E-state index contributed by atoms with van der Waals surface area (Å²) in [4.78, 5) is 12.4. The maximum atomic E-state index is 12.4. The molecule has 0 bridgehead atoms. The highest BCUT2D eigenvalue weighted by Crippen LogP contribution is 2.17. The minimum Gasteiger partial charge on any atom is -0.394 e. The fourth-order valence-electron chi connectivity index (χ4n) is 7.59. The molecule has 0 aliphatic heterocycles. The number of aliphatic hydroxyl groups is 2. The van der Waals surface area contributed by atoms with Crippen LogP contribution in [-0.2, 0) is 4.79 Å². The molecule has 0 spiro atoms. The molecular formula is C48H95NO3. The average Bonchev–Trinajstić information content (AvgIpc) is 3.15. The number of carbonyl (C=O) groups excluding carboxylic acids is 1. The maximum Gasteiger partial charge on any atom is 0.220 e. The van der Waals surface area contributed by atoms with Crippen LogP contribution in [0.15, 0.2) is 12.2 Å². The van der Waals surface area contributed by atoms with Crippen molar-refractivity contribution >= 4 is 5.91 Å². The predicted molar refractivity (Wildman–Crippen MR) is 230 cm³/mol. The standard InChI is InChI=1S/C48H95NO3/c1-3-5-7-9-11-13-15-17-19-21-22-23-24-25-26-28-30-32-34-36-38-40-42-44-48(52)49-46(45-50)47(51)43-41-39-37-35-33-31-29-27-20-18-16-14-12-10-8-6-4-2/h25-26,46-47,50-51H,3-24,27-45H2,1-2H3,(H,49,52)/b26-25-. The van der Waals surface area contributed by atoms with Gasteiger partial charge in [-0.15, -0.1) is 0 Å². The van der Waals surface area contributed by atoms with E-state index in [9.17, 15) is 15.0 Å². The maximum absolute atomic E-state index is 12.4. The molecular weight excluding hydrogens is 639 g/mol. The molecule has 1 amide bonds. The first-order valence-corrected chi connectivity index (χ1v) is 23.9. The van der Waals surface area contributed by atoms with Crippen LogP contribution in [-0.4, -0.2) is 34.9 Å². The van der Waals surface area contributed by atoms with Crippen molar-refractivity contribution in [3.8, 4) is 0 Å². The molecule has 4 nitrogen and oxygen atoms in total. The number of nitrogens with one attached hydrogen (secondary N) is 1. The molecule has 52 heavy (non-hydrogen) atoms. The Labute approximate surface area is 327 Å². The molecule has 3 N–H and O–H groups in total. The number of aliphatic hydroxyl groups excluding tert-OH is 2. The third-order valence-electron chi connectivity index (χ3n) is 11.3. The van der Waals surface area contributed by atoms with Gasteiger partial charge in [0.15, 0.2) is 0 Å². The van der Waals surface area contributed by atoms with Gasteiger partial charge >= 0.3 is 0 Å². The lowest BCUT2D eigenvalue weighted by atomic mass is 10.0. The number of amides is 1. The van der Waals surface area contributed by atoms with Gasteiger partial charge in [-0.25, -0.2) is 0 Å². The second kappa shape index (κ2) is 44.5. The van der Waals surface area contributed by atoms with E-state index in [2.05, 4.69) is 31.3 Å². The van der Waals surface area contributed by atoms with Gasteiger partial charge in [0, 0.05) is 6.42 Å². The number of carbonyl (C=O) groups is 1. The molecule has 0 saturated heterocycles. The number of hydrogen-bond donors (Lipinski definition) is 3. The van der Waals surface area contributed by atoms with Crippen LogP contribution in [0.25, 0.3) is 0 Å². The van der Waals surface area contributed by atoms with E-state index >= 15 is 0 Å². The molecule has 0 heterocycles. The zero-order valence-corrected chi connectivity index (χ0v) is 35.6. The van der Waals surface area contributed by atoms with Gasteiger partial charge in [0.2, 0.25) is 5.91 Å². The average molecular weight is 734 g/mol. The van der Waals surface area contributed by atoms with Crippen LogP contribution in [0.3, 0.4) is 0 Å². The first-order valence-electron chi connectivity index (χ1n) is 23.9. The molecule has 0 radical (unpaired) electrons. The van der Waals surface area contributed by atoms with Gasteiger partial charge in [-0.3, -0.25) is 4.79 Å². The van der Waals surface area contributed by atoms with Gasteiger partial charge in [-0.2, -0.15) is 0 Å². The Morgan fingerprint density at radius 2 is 0.731 bits per heavy atom. The van der Waals surface area contributed by atoms with E-state index in [0.29, 0.717) is 12.8 Å². The SMILES string of the molecule is CCCCCCCCCCCCCC/C=C\CCCCCCCCCC(=O)NC(CO)C(O)CCCCCCCCCCCCCCCCCCC. The van der Waals surface area contributed by atoms with Crippen LogP contribution in [0.1, 0.15) is 271 Å². The highest BCUT2D eigenvalue weighted by atomic mass is 16.3. The third kappa shape index (κ3) is 40.3. The van der Waals surface area contributed by atoms with Crippen molar-refractivity contribution in [2.24, 2.45) is 0 Å². The summed E-state index contributed by atoms with van der Waals surface area (Å²) in [5.41, 5.74) is 0. The van der Waals surface area contributed by atoms with E-state index in [1.54, 1.807) is 0 Å². The molecule has 0 aliphatic carbocycles. The summed E-state index contributed by atoms with van der Waals surface area (Å²) < 4.78 is 0. The molecule has 2 atom stereocenters. The lowest BCUT2D eigenvalue weighted by Gasteiger charge is -2.22. The van der Waals surface area contributed by atoms with E-state index in [1.165, 1.54) is 218 Å². The molecule has 0 aromatic heterocycles. The van der Waals surface area contributed by atoms with Gasteiger partial charge < -0.3 is 15.5 Å². The second-order valence-corrected chi connectivity index (χ2v) is 16.5. The van der Waals surface area contributed by atoms with E-state index in [4.69, 9.17) is 0 Å². The van der Waals surface area contributed by atoms with Crippen molar-refractivity contribution in [1.29, 1.82) is 0 Å². The Morgan fingerprint density at radius 1 is 0.442 bits per heavy atom. The minimum atomic E-state index is -0.658. The molecule has 310 valence electrons. The quantitative estimate of drug-likeness (QED) is 0.0431. The normalized spacial score (nSPS) is 12.9. The van der Waals surface area contributed by atoms with Crippen molar-refractivity contribution in [1.82, 2.24) is 5.32 Å². The molecule has 2 unspecified atom stereocenters. The van der Waals surface area contributed by atoms with Crippen molar-refractivity contribution in [2.45, 2.75) is 283 Å². The topological polar surface area (TPSA) is 69.6 Å². The molecule has 0 aromatic rings. The molecule has 4 heteroatoms. The van der Waals surface area contributed by atoms with E-state index in [1.807, 2.05) is 0 Å². The van der Waals surface area contributed by atoms with Crippen LogP contribution in [0.4, 0.5) is 0 Å². The van der Waals surface area contributed by atoms with Crippen molar-refractivity contribution in [3.63, 3.8) is 0 Å². The summed E-state index contributed by atoms with van der Waals surface area (Å²) in [6, 6.07) is -0.535. The molecule has 0 fully saturated rings. The molecule has 0 aliphatic rings. The summed E-state index contributed by atoms with van der Waals surface area (Å²) in [5, 5.41) is 23.2. The third-order valence-corrected chi connectivity index (χ3v) is 11.3. The zero-order valence-electron chi connectivity index (χ0n) is 35.6. The lowest BCUT2D eigenvalue weighted by molar-refractivity contribution is -0.123.